The van der Waals surface area contributed by atoms with Gasteiger partial charge < -0.3 is 9.47 Å². The Hall–Kier alpha value is -0.173. The van der Waals surface area contributed by atoms with Crippen LogP contribution < -0.4 is 0 Å². The van der Waals surface area contributed by atoms with Crippen LogP contribution in [0.1, 0.15) is 25.3 Å². The lowest BCUT2D eigenvalue weighted by molar-refractivity contribution is -0.0527. The molecule has 2 nitrogen and oxygen atoms in total. The minimum Gasteiger partial charge on any atom is -0.374 e. The maximum absolute atomic E-state index is 6.33. The van der Waals surface area contributed by atoms with Gasteiger partial charge in [-0.2, -0.15) is 0 Å². The average molecular weight is 430 g/mol. The predicted molar refractivity (Wildman–Crippen MR) is 104 cm³/mol. The number of rotatable bonds is 6. The van der Waals surface area contributed by atoms with Gasteiger partial charge in [0.1, 0.15) is 0 Å². The summed E-state index contributed by atoms with van der Waals surface area (Å²) in [5, 5.41) is 1.61. The molecule has 0 unspecified atom stereocenters. The molecule has 0 spiro atoms. The molecule has 0 aromatic heterocycles. The fraction of sp³-hybridized carbons (Fsp3) is 0.556. The Kier molecular flexibility index (Phi) is 6.68. The van der Waals surface area contributed by atoms with Gasteiger partial charge in [-0.25, -0.2) is 0 Å². The zero-order chi connectivity index (χ0) is 16.2. The molecule has 0 amide bonds. The van der Waals surface area contributed by atoms with E-state index in [0.29, 0.717) is 13.2 Å². The number of ether oxygens (including phenoxy) is 2. The van der Waals surface area contributed by atoms with Crippen molar-refractivity contribution < 1.29 is 9.47 Å². The molecular formula is C18H27IO2Si. The fourth-order valence-corrected chi connectivity index (χ4v) is 8.42. The summed E-state index contributed by atoms with van der Waals surface area (Å²) in [7, 11) is -1.31. The van der Waals surface area contributed by atoms with Crippen LogP contribution >= 0.6 is 22.6 Å². The van der Waals surface area contributed by atoms with Gasteiger partial charge in [-0.15, -0.1) is 0 Å². The van der Waals surface area contributed by atoms with E-state index in [2.05, 4.69) is 73.4 Å². The minimum absolute atomic E-state index is 0.195. The number of halogens is 1. The zero-order valence-electron chi connectivity index (χ0n) is 14.1. The van der Waals surface area contributed by atoms with Crippen molar-refractivity contribution in [1.29, 1.82) is 0 Å². The van der Waals surface area contributed by atoms with Crippen molar-refractivity contribution >= 4 is 30.7 Å². The summed E-state index contributed by atoms with van der Waals surface area (Å²) < 4.78 is 13.7. The Morgan fingerprint density at radius 3 is 2.50 bits per heavy atom. The molecule has 0 bridgehead atoms. The monoisotopic (exact) mass is 430 g/mol. The molecule has 2 atom stereocenters. The van der Waals surface area contributed by atoms with E-state index in [9.17, 15) is 0 Å². The maximum Gasteiger partial charge on any atom is 0.0861 e. The van der Waals surface area contributed by atoms with Crippen LogP contribution in [-0.4, -0.2) is 26.9 Å². The molecule has 1 aromatic carbocycles. The first kappa shape index (κ1) is 18.2. The van der Waals surface area contributed by atoms with E-state index < -0.39 is 8.07 Å². The van der Waals surface area contributed by atoms with Crippen molar-refractivity contribution in [3.05, 3.63) is 44.7 Å². The lowest BCUT2D eigenvalue weighted by Gasteiger charge is -2.37. The van der Waals surface area contributed by atoms with Gasteiger partial charge in [0.2, 0.25) is 0 Å². The lowest BCUT2D eigenvalue weighted by atomic mass is 10.1. The number of benzene rings is 1. The molecule has 0 radical (unpaired) electrons. The second-order valence-electron chi connectivity index (χ2n) is 6.93. The Labute approximate surface area is 149 Å². The normalized spacial score (nSPS) is 23.0. The molecule has 2 rings (SSSR count). The average Bonchev–Trinajstić information content (AvgIpc) is 2.46. The van der Waals surface area contributed by atoms with Gasteiger partial charge in [-0.3, -0.25) is 0 Å². The molecule has 1 heterocycles. The highest BCUT2D eigenvalue weighted by molar-refractivity contribution is 14.1. The van der Waals surface area contributed by atoms with Crippen molar-refractivity contribution in [3.8, 4) is 0 Å². The van der Waals surface area contributed by atoms with E-state index >= 15 is 0 Å². The Balaban J connectivity index is 1.94. The maximum atomic E-state index is 6.33. The highest BCUT2D eigenvalue weighted by Crippen LogP contribution is 2.37. The Morgan fingerprint density at radius 2 is 1.91 bits per heavy atom. The minimum atomic E-state index is -1.31. The van der Waals surface area contributed by atoms with Crippen LogP contribution in [0.2, 0.25) is 19.6 Å². The highest BCUT2D eigenvalue weighted by Gasteiger charge is 2.35. The van der Waals surface area contributed by atoms with Crippen molar-refractivity contribution in [1.82, 2.24) is 0 Å². The van der Waals surface area contributed by atoms with Gasteiger partial charge in [0.05, 0.1) is 33.5 Å². The van der Waals surface area contributed by atoms with E-state index in [1.54, 1.807) is 5.20 Å². The topological polar surface area (TPSA) is 18.5 Å². The molecule has 1 aliphatic heterocycles. The predicted octanol–water partition coefficient (Wildman–Crippen LogP) is 5.34. The van der Waals surface area contributed by atoms with Crippen LogP contribution in [0, 0.1) is 0 Å². The van der Waals surface area contributed by atoms with Gasteiger partial charge in [0.15, 0.2) is 0 Å². The summed E-state index contributed by atoms with van der Waals surface area (Å²) >= 11 is 2.54. The second kappa shape index (κ2) is 8.08. The highest BCUT2D eigenvalue weighted by atomic mass is 127. The Morgan fingerprint density at radius 1 is 1.23 bits per heavy atom. The third-order valence-electron chi connectivity index (χ3n) is 3.97. The molecule has 1 aliphatic rings. The van der Waals surface area contributed by atoms with Gasteiger partial charge in [-0.05, 0) is 43.4 Å². The van der Waals surface area contributed by atoms with Crippen LogP contribution in [0.3, 0.4) is 0 Å². The second-order valence-corrected chi connectivity index (χ2v) is 13.3. The first-order chi connectivity index (χ1) is 10.4. The van der Waals surface area contributed by atoms with Gasteiger partial charge >= 0.3 is 0 Å². The van der Waals surface area contributed by atoms with Gasteiger partial charge in [0.25, 0.3) is 0 Å². The summed E-state index contributed by atoms with van der Waals surface area (Å²) in [6, 6.07) is 10.3. The van der Waals surface area contributed by atoms with Crippen LogP contribution in [0.25, 0.3) is 0 Å². The molecule has 0 aliphatic carbocycles. The number of hydrogen-bond donors (Lipinski definition) is 0. The zero-order valence-corrected chi connectivity index (χ0v) is 17.2. The van der Waals surface area contributed by atoms with Crippen LogP contribution in [0.4, 0.5) is 0 Å². The lowest BCUT2D eigenvalue weighted by Crippen LogP contribution is -2.41. The van der Waals surface area contributed by atoms with E-state index in [-0.39, 0.29) is 12.2 Å². The largest absolute Gasteiger partial charge is 0.374 e. The third-order valence-corrected chi connectivity index (χ3v) is 7.74. The van der Waals surface area contributed by atoms with E-state index in [4.69, 9.17) is 9.47 Å². The first-order valence-corrected chi connectivity index (χ1v) is 12.7. The van der Waals surface area contributed by atoms with Crippen molar-refractivity contribution in [2.45, 2.75) is 58.2 Å². The fourth-order valence-electron chi connectivity index (χ4n) is 3.00. The molecule has 0 N–H and O–H groups in total. The van der Waals surface area contributed by atoms with Gasteiger partial charge in [0, 0.05) is 6.42 Å². The molecule has 22 heavy (non-hydrogen) atoms. The van der Waals surface area contributed by atoms with Crippen LogP contribution in [0.15, 0.2) is 39.1 Å². The van der Waals surface area contributed by atoms with Crippen LogP contribution in [0.5, 0.6) is 0 Å². The molecule has 1 aromatic rings. The van der Waals surface area contributed by atoms with Crippen molar-refractivity contribution in [2.75, 3.05) is 6.61 Å². The summed E-state index contributed by atoms with van der Waals surface area (Å²) in [6.07, 6.45) is 2.55. The smallest absolute Gasteiger partial charge is 0.0861 e. The standard InChI is InChI=1S/C18H27IO2Si/c1-5-17-18(22(2,3)4)16(19)11-15(21-17)13-20-12-14-9-7-6-8-10-14/h6-10,15,17H,5,11-13H2,1-4H3/t15-,17-/m1/s1. The Bertz CT molecular complexity index is 508. The SMILES string of the molecule is CC[C@H]1O[C@@H](COCc2ccccc2)CC(I)=C1[Si](C)(C)C. The van der Waals surface area contributed by atoms with E-state index in [0.717, 1.165) is 12.8 Å². The number of hydrogen-bond acceptors (Lipinski definition) is 2. The summed E-state index contributed by atoms with van der Waals surface area (Å²) in [5.74, 6) is 0. The van der Waals surface area contributed by atoms with Crippen molar-refractivity contribution in [3.63, 3.8) is 0 Å². The first-order valence-electron chi connectivity index (χ1n) is 8.08. The van der Waals surface area contributed by atoms with Crippen LogP contribution in [-0.2, 0) is 16.1 Å². The molecule has 0 saturated heterocycles. The molecular weight excluding hydrogens is 403 g/mol. The van der Waals surface area contributed by atoms with E-state index in [1.165, 1.54) is 9.14 Å². The molecule has 122 valence electrons. The summed E-state index contributed by atoms with van der Waals surface area (Å²) in [6.45, 7) is 10.8. The molecule has 0 fully saturated rings. The van der Waals surface area contributed by atoms with Gasteiger partial charge in [-0.1, -0.05) is 56.9 Å². The molecule has 0 saturated carbocycles. The summed E-state index contributed by atoms with van der Waals surface area (Å²) in [4.78, 5) is 0. The molecule has 4 heteroatoms. The quantitative estimate of drug-likeness (QED) is 0.448. The van der Waals surface area contributed by atoms with Crippen molar-refractivity contribution in [2.24, 2.45) is 0 Å². The third kappa shape index (κ3) is 4.91. The van der Waals surface area contributed by atoms with E-state index in [1.807, 2.05) is 6.07 Å². The summed E-state index contributed by atoms with van der Waals surface area (Å²) in [5.41, 5.74) is 1.22.